The quantitative estimate of drug-likeness (QED) is 0.768. The second-order valence-electron chi connectivity index (χ2n) is 5.31. The molecule has 1 atom stereocenters. The van der Waals surface area contributed by atoms with E-state index in [0.29, 0.717) is 23.8 Å². The summed E-state index contributed by atoms with van der Waals surface area (Å²) in [5.41, 5.74) is 0. The molecule has 1 aromatic carbocycles. The van der Waals surface area contributed by atoms with E-state index in [1.807, 2.05) is 35.2 Å². The number of carbonyl (C=O) groups is 1. The maximum absolute atomic E-state index is 12.1. The van der Waals surface area contributed by atoms with Gasteiger partial charge in [0.1, 0.15) is 5.75 Å². The Balaban J connectivity index is 1.68. The Labute approximate surface area is 129 Å². The molecule has 0 aromatic heterocycles. The third-order valence-electron chi connectivity index (χ3n) is 3.87. The van der Waals surface area contributed by atoms with Crippen LogP contribution in [0.5, 0.6) is 5.75 Å². The third-order valence-corrected chi connectivity index (χ3v) is 4.62. The lowest BCUT2D eigenvalue weighted by atomic mass is 9.94. The zero-order valence-electron chi connectivity index (χ0n) is 11.9. The molecule has 1 aliphatic heterocycles. The normalized spacial score (nSPS) is 17.8. The highest BCUT2D eigenvalue weighted by Crippen LogP contribution is 2.25. The Morgan fingerprint density at radius 2 is 2.00 bits per heavy atom. The fourth-order valence-corrected chi connectivity index (χ4v) is 3.07. The van der Waals surface area contributed by atoms with Crippen molar-refractivity contribution in [1.82, 2.24) is 4.90 Å². The van der Waals surface area contributed by atoms with Crippen molar-refractivity contribution in [2.75, 3.05) is 19.7 Å². The van der Waals surface area contributed by atoms with Gasteiger partial charge in [-0.1, -0.05) is 41.1 Å². The highest BCUT2D eigenvalue weighted by molar-refractivity contribution is 9.09. The molecule has 1 heterocycles. The van der Waals surface area contributed by atoms with Crippen LogP contribution in [0, 0.1) is 5.92 Å². The molecule has 4 heteroatoms. The number of likely N-dealkylation sites (tertiary alicyclic amines) is 1. The first-order valence-corrected chi connectivity index (χ1v) is 8.18. The molecule has 1 unspecified atom stereocenters. The molecule has 0 bridgehead atoms. The lowest BCUT2D eigenvalue weighted by molar-refractivity contribution is -0.133. The molecule has 0 spiro atoms. The van der Waals surface area contributed by atoms with Crippen molar-refractivity contribution in [3.63, 3.8) is 0 Å². The first-order valence-electron chi connectivity index (χ1n) is 7.26. The van der Waals surface area contributed by atoms with E-state index in [0.717, 1.165) is 31.7 Å². The molecule has 1 fully saturated rings. The molecule has 3 nitrogen and oxygen atoms in total. The minimum Gasteiger partial charge on any atom is -0.493 e. The summed E-state index contributed by atoms with van der Waals surface area (Å²) in [6, 6.07) is 9.64. The number of amides is 1. The van der Waals surface area contributed by atoms with Crippen LogP contribution in [0.15, 0.2) is 30.3 Å². The highest BCUT2D eigenvalue weighted by Gasteiger charge is 2.24. The van der Waals surface area contributed by atoms with E-state index in [1.54, 1.807) is 0 Å². The first-order chi connectivity index (χ1) is 9.66. The molecule has 1 aromatic rings. The summed E-state index contributed by atoms with van der Waals surface area (Å²) >= 11 is 3.64. The molecular formula is C16H22BrNO2. The average Bonchev–Trinajstić information content (AvgIpc) is 2.48. The fourth-order valence-electron chi connectivity index (χ4n) is 2.54. The Morgan fingerprint density at radius 3 is 2.60 bits per heavy atom. The molecule has 110 valence electrons. The van der Waals surface area contributed by atoms with Crippen LogP contribution < -0.4 is 4.74 Å². The third kappa shape index (κ3) is 4.51. The summed E-state index contributed by atoms with van der Waals surface area (Å²) in [4.78, 5) is 14.6. The van der Waals surface area contributed by atoms with Gasteiger partial charge in [0.25, 0.3) is 0 Å². The Hall–Kier alpha value is -1.03. The van der Waals surface area contributed by atoms with Gasteiger partial charge in [-0.15, -0.1) is 0 Å². The molecule has 2 rings (SSSR count). The summed E-state index contributed by atoms with van der Waals surface area (Å²) in [6.45, 7) is 4.41. The van der Waals surface area contributed by atoms with Crippen molar-refractivity contribution < 1.29 is 9.53 Å². The number of piperidine rings is 1. The predicted octanol–water partition coefficient (Wildman–Crippen LogP) is 3.48. The molecule has 0 saturated carbocycles. The van der Waals surface area contributed by atoms with Gasteiger partial charge in [-0.3, -0.25) is 4.79 Å². The topological polar surface area (TPSA) is 29.5 Å². The fraction of sp³-hybridized carbons (Fsp3) is 0.562. The van der Waals surface area contributed by atoms with Crippen LogP contribution in [0.1, 0.15) is 26.2 Å². The Kier molecular flexibility index (Phi) is 5.89. The van der Waals surface area contributed by atoms with E-state index in [-0.39, 0.29) is 5.91 Å². The molecule has 1 amide bonds. The van der Waals surface area contributed by atoms with Crippen molar-refractivity contribution in [1.29, 1.82) is 0 Å². The second-order valence-corrected chi connectivity index (χ2v) is 6.75. The highest BCUT2D eigenvalue weighted by atomic mass is 79.9. The number of hydrogen-bond acceptors (Lipinski definition) is 2. The molecular weight excluding hydrogens is 318 g/mol. The van der Waals surface area contributed by atoms with E-state index in [9.17, 15) is 4.79 Å². The van der Waals surface area contributed by atoms with Crippen molar-refractivity contribution >= 4 is 21.8 Å². The number of benzene rings is 1. The van der Waals surface area contributed by atoms with Crippen molar-refractivity contribution in [2.24, 2.45) is 5.92 Å². The van der Waals surface area contributed by atoms with Crippen LogP contribution in [0.4, 0.5) is 0 Å². The van der Waals surface area contributed by atoms with E-state index >= 15 is 0 Å². The van der Waals surface area contributed by atoms with Gasteiger partial charge >= 0.3 is 0 Å². The summed E-state index contributed by atoms with van der Waals surface area (Å²) in [7, 11) is 0. The second kappa shape index (κ2) is 7.67. The molecule has 0 radical (unpaired) electrons. The maximum Gasteiger partial charge on any atom is 0.225 e. The summed E-state index contributed by atoms with van der Waals surface area (Å²) in [5, 5.41) is 0. The lowest BCUT2D eigenvalue weighted by Gasteiger charge is -2.33. The number of carbonyl (C=O) groups excluding carboxylic acids is 1. The van der Waals surface area contributed by atoms with Gasteiger partial charge < -0.3 is 9.64 Å². The van der Waals surface area contributed by atoms with Gasteiger partial charge in [-0.25, -0.2) is 0 Å². The molecule has 0 aliphatic carbocycles. The minimum absolute atomic E-state index is 0.210. The van der Waals surface area contributed by atoms with Gasteiger partial charge in [0.2, 0.25) is 5.91 Å². The number of halogens is 1. The van der Waals surface area contributed by atoms with E-state index in [2.05, 4.69) is 22.9 Å². The maximum atomic E-state index is 12.1. The van der Waals surface area contributed by atoms with Crippen LogP contribution in [0.2, 0.25) is 0 Å². The van der Waals surface area contributed by atoms with Crippen molar-refractivity contribution in [3.8, 4) is 5.75 Å². The average molecular weight is 340 g/mol. The van der Waals surface area contributed by atoms with Crippen LogP contribution in [0.25, 0.3) is 0 Å². The Bertz CT molecular complexity index is 414. The van der Waals surface area contributed by atoms with Crippen LogP contribution in [-0.2, 0) is 4.79 Å². The van der Waals surface area contributed by atoms with Gasteiger partial charge in [0.05, 0.1) is 13.0 Å². The van der Waals surface area contributed by atoms with Crippen molar-refractivity contribution in [3.05, 3.63) is 30.3 Å². The number of ether oxygens (including phenoxy) is 1. The van der Waals surface area contributed by atoms with Gasteiger partial charge in [-0.2, -0.15) is 0 Å². The van der Waals surface area contributed by atoms with E-state index in [1.165, 1.54) is 0 Å². The number of alkyl halides is 1. The molecule has 20 heavy (non-hydrogen) atoms. The summed E-state index contributed by atoms with van der Waals surface area (Å²) < 4.78 is 5.57. The standard InChI is InChI=1S/C16H22BrNO2/c1-13(17)14-7-10-18(11-8-14)16(19)9-12-20-15-5-3-2-4-6-15/h2-6,13-14H,7-12H2,1H3. The molecule has 1 saturated heterocycles. The van der Waals surface area contributed by atoms with Gasteiger partial charge in [0.15, 0.2) is 0 Å². The van der Waals surface area contributed by atoms with E-state index < -0.39 is 0 Å². The number of hydrogen-bond donors (Lipinski definition) is 0. The Morgan fingerprint density at radius 1 is 1.35 bits per heavy atom. The van der Waals surface area contributed by atoms with Crippen LogP contribution in [0.3, 0.4) is 0 Å². The van der Waals surface area contributed by atoms with Crippen molar-refractivity contribution in [2.45, 2.75) is 31.0 Å². The largest absolute Gasteiger partial charge is 0.493 e. The lowest BCUT2D eigenvalue weighted by Crippen LogP contribution is -2.40. The monoisotopic (exact) mass is 339 g/mol. The van der Waals surface area contributed by atoms with Crippen LogP contribution >= 0.6 is 15.9 Å². The summed E-state index contributed by atoms with van der Waals surface area (Å²) in [5.74, 6) is 1.73. The van der Waals surface area contributed by atoms with E-state index in [4.69, 9.17) is 4.74 Å². The smallest absolute Gasteiger partial charge is 0.225 e. The number of nitrogens with zero attached hydrogens (tertiary/aromatic N) is 1. The SMILES string of the molecule is CC(Br)C1CCN(C(=O)CCOc2ccccc2)CC1. The van der Waals surface area contributed by atoms with Gasteiger partial charge in [-0.05, 0) is 30.9 Å². The minimum atomic E-state index is 0.210. The number of para-hydroxylation sites is 1. The summed E-state index contributed by atoms with van der Waals surface area (Å²) in [6.07, 6.45) is 2.65. The number of rotatable bonds is 5. The molecule has 0 N–H and O–H groups in total. The molecule has 1 aliphatic rings. The zero-order valence-corrected chi connectivity index (χ0v) is 13.5. The van der Waals surface area contributed by atoms with Crippen LogP contribution in [-0.4, -0.2) is 35.3 Å². The zero-order chi connectivity index (χ0) is 14.4. The predicted molar refractivity (Wildman–Crippen MR) is 84.2 cm³/mol. The van der Waals surface area contributed by atoms with Gasteiger partial charge in [0, 0.05) is 17.9 Å². The first kappa shape index (κ1) is 15.4.